The number of ether oxygens (including phenoxy) is 2. The monoisotopic (exact) mass is 612 g/mol. The van der Waals surface area contributed by atoms with E-state index in [1.165, 1.54) is 42.3 Å². The van der Waals surface area contributed by atoms with Gasteiger partial charge in [-0.25, -0.2) is 4.79 Å². The summed E-state index contributed by atoms with van der Waals surface area (Å²) in [7, 11) is 1.45. The topological polar surface area (TPSA) is 77.5 Å². The van der Waals surface area contributed by atoms with Crippen LogP contribution in [0.2, 0.25) is 5.02 Å². The summed E-state index contributed by atoms with van der Waals surface area (Å²) in [5, 5.41) is 4.11. The van der Waals surface area contributed by atoms with Gasteiger partial charge in [0.05, 0.1) is 13.7 Å². The summed E-state index contributed by atoms with van der Waals surface area (Å²) in [5.74, 6) is 1.42. The molecule has 44 heavy (non-hydrogen) atoms. The third-order valence-corrected chi connectivity index (χ3v) is 10.3. The Morgan fingerprint density at radius 3 is 2.73 bits per heavy atom. The number of esters is 1. The maximum atomic E-state index is 13.3. The number of rotatable bonds is 9. The van der Waals surface area contributed by atoms with E-state index in [2.05, 4.69) is 36.3 Å². The fraction of sp³-hybridized carbons (Fsp3) is 0.432. The van der Waals surface area contributed by atoms with E-state index >= 15 is 0 Å². The summed E-state index contributed by atoms with van der Waals surface area (Å²) in [5.41, 5.74) is 6.47. The van der Waals surface area contributed by atoms with Gasteiger partial charge >= 0.3 is 5.97 Å². The Bertz CT molecular complexity index is 1590. The molecule has 3 aliphatic carbocycles. The van der Waals surface area contributed by atoms with Crippen LogP contribution in [0.15, 0.2) is 60.3 Å². The maximum Gasteiger partial charge on any atom is 0.331 e. The van der Waals surface area contributed by atoms with E-state index in [1.54, 1.807) is 0 Å². The zero-order valence-corrected chi connectivity index (χ0v) is 26.6. The molecule has 0 aliphatic heterocycles. The molecule has 1 saturated carbocycles. The van der Waals surface area contributed by atoms with Crippen LogP contribution in [0.1, 0.15) is 97.5 Å². The highest BCUT2D eigenvalue weighted by molar-refractivity contribution is 6.30. The van der Waals surface area contributed by atoms with E-state index in [0.717, 1.165) is 49.0 Å². The first-order valence-corrected chi connectivity index (χ1v) is 16.2. The number of halogens is 1. The van der Waals surface area contributed by atoms with Crippen LogP contribution in [-0.2, 0) is 21.4 Å². The van der Waals surface area contributed by atoms with Gasteiger partial charge in [0.25, 0.3) is 0 Å². The quantitative estimate of drug-likeness (QED) is 0.193. The summed E-state index contributed by atoms with van der Waals surface area (Å²) in [4.78, 5) is 29.8. The number of fused-ring (bicyclic) bond motifs is 3. The lowest BCUT2D eigenvalue weighted by molar-refractivity contribution is -0.147. The van der Waals surface area contributed by atoms with Gasteiger partial charge in [-0.05, 0) is 105 Å². The molecule has 0 amide bonds. The molecule has 1 heterocycles. The van der Waals surface area contributed by atoms with Gasteiger partial charge in [0, 0.05) is 39.1 Å². The van der Waals surface area contributed by atoms with Crippen molar-refractivity contribution >= 4 is 35.6 Å². The second kappa shape index (κ2) is 12.4. The highest BCUT2D eigenvalue weighted by atomic mass is 35.5. The molecule has 0 bridgehead atoms. The fourth-order valence-electron chi connectivity index (χ4n) is 7.79. The number of aldehydes is 1. The second-order valence-electron chi connectivity index (χ2n) is 13.0. The van der Waals surface area contributed by atoms with Gasteiger partial charge in [-0.15, -0.1) is 0 Å². The van der Waals surface area contributed by atoms with Gasteiger partial charge in [0.1, 0.15) is 17.6 Å². The molecule has 7 heteroatoms. The lowest BCUT2D eigenvalue weighted by Crippen LogP contribution is -2.52. The van der Waals surface area contributed by atoms with Crippen LogP contribution in [0, 0.1) is 5.92 Å². The maximum absolute atomic E-state index is 13.3. The van der Waals surface area contributed by atoms with Gasteiger partial charge in [-0.2, -0.15) is 0 Å². The molecule has 0 unspecified atom stereocenters. The number of aryl methyl sites for hydroxylation is 1. The van der Waals surface area contributed by atoms with Crippen molar-refractivity contribution in [1.82, 2.24) is 4.98 Å². The Morgan fingerprint density at radius 1 is 1.16 bits per heavy atom. The van der Waals surface area contributed by atoms with E-state index in [-0.39, 0.29) is 17.3 Å². The molecule has 3 aromatic rings. The molecular weight excluding hydrogens is 572 g/mol. The lowest BCUT2D eigenvalue weighted by atomic mass is 9.61. The van der Waals surface area contributed by atoms with Crippen LogP contribution < -0.4 is 10.1 Å². The van der Waals surface area contributed by atoms with E-state index in [1.807, 2.05) is 48.7 Å². The van der Waals surface area contributed by atoms with Crippen molar-refractivity contribution in [2.24, 2.45) is 5.92 Å². The van der Waals surface area contributed by atoms with Crippen LogP contribution in [0.25, 0.3) is 6.08 Å². The summed E-state index contributed by atoms with van der Waals surface area (Å²) in [6.45, 7) is 5.12. The Kier molecular flexibility index (Phi) is 8.56. The largest absolute Gasteiger partial charge is 0.493 e. The molecule has 0 radical (unpaired) electrons. The number of carbonyl (C=O) groups is 2. The smallest absolute Gasteiger partial charge is 0.331 e. The number of hydrogen-bond donors (Lipinski definition) is 1. The van der Waals surface area contributed by atoms with Crippen molar-refractivity contribution in [3.63, 3.8) is 0 Å². The predicted octanol–water partition coefficient (Wildman–Crippen LogP) is 8.33. The summed E-state index contributed by atoms with van der Waals surface area (Å²) in [6.07, 6.45) is 12.0. The zero-order chi connectivity index (χ0) is 30.9. The molecule has 1 fully saturated rings. The van der Waals surface area contributed by atoms with Crippen molar-refractivity contribution < 1.29 is 19.1 Å². The van der Waals surface area contributed by atoms with E-state index < -0.39 is 5.54 Å². The fourth-order valence-corrected chi connectivity index (χ4v) is 7.98. The number of anilines is 1. The van der Waals surface area contributed by atoms with Crippen molar-refractivity contribution in [2.75, 3.05) is 19.0 Å². The Balaban J connectivity index is 1.25. The van der Waals surface area contributed by atoms with Crippen molar-refractivity contribution in [2.45, 2.75) is 82.1 Å². The molecule has 3 aliphatic rings. The van der Waals surface area contributed by atoms with Crippen molar-refractivity contribution in [1.29, 1.82) is 0 Å². The minimum absolute atomic E-state index is 0.262. The minimum atomic E-state index is -0.868. The normalized spacial score (nSPS) is 24.5. The molecule has 1 spiro atoms. The first-order valence-electron chi connectivity index (χ1n) is 15.8. The van der Waals surface area contributed by atoms with Gasteiger partial charge in [-0.3, -0.25) is 9.78 Å². The number of aromatic nitrogens is 1. The van der Waals surface area contributed by atoms with E-state index in [0.29, 0.717) is 36.0 Å². The average Bonchev–Trinajstić information content (AvgIpc) is 3.32. The minimum Gasteiger partial charge on any atom is -0.493 e. The van der Waals surface area contributed by atoms with E-state index in [9.17, 15) is 9.59 Å². The highest BCUT2D eigenvalue weighted by Gasteiger charge is 2.52. The van der Waals surface area contributed by atoms with Crippen LogP contribution in [0.5, 0.6) is 5.75 Å². The summed E-state index contributed by atoms with van der Waals surface area (Å²) >= 11 is 6.27. The molecule has 1 N–H and O–H groups in total. The van der Waals surface area contributed by atoms with Gasteiger partial charge in [0.2, 0.25) is 0 Å². The van der Waals surface area contributed by atoms with Gasteiger partial charge in [0.15, 0.2) is 0 Å². The van der Waals surface area contributed by atoms with Crippen molar-refractivity contribution in [3.8, 4) is 5.75 Å². The zero-order valence-electron chi connectivity index (χ0n) is 25.8. The molecular formula is C37H41ClN2O4. The summed E-state index contributed by atoms with van der Waals surface area (Å²) < 4.78 is 11.8. The molecule has 1 aromatic heterocycles. The Labute approximate surface area is 265 Å². The van der Waals surface area contributed by atoms with Gasteiger partial charge < -0.3 is 14.8 Å². The molecule has 2 atom stereocenters. The number of carbonyl (C=O) groups excluding carboxylic acids is 2. The van der Waals surface area contributed by atoms with Crippen LogP contribution in [0.4, 0.5) is 5.69 Å². The molecule has 6 nitrogen and oxygen atoms in total. The molecule has 6 rings (SSSR count). The number of nitrogens with zero attached hydrogens (tertiary/aromatic N) is 1. The molecule has 230 valence electrons. The second-order valence-corrected chi connectivity index (χ2v) is 13.4. The number of benzene rings is 2. The number of hydrogen-bond acceptors (Lipinski definition) is 6. The SMILES string of the molecule is COC(=O)C1(Nc2cccc(Cl)c2)CCC2(CC1)C(C[C@@H](C)COc1ccnc3c1[C@H](C)CCC3)=Cc1ccc(C=O)cc12. The number of pyridine rings is 1. The van der Waals surface area contributed by atoms with E-state index in [4.69, 9.17) is 21.1 Å². The predicted molar refractivity (Wildman–Crippen MR) is 175 cm³/mol. The van der Waals surface area contributed by atoms with Crippen molar-refractivity contribution in [3.05, 3.63) is 93.3 Å². The van der Waals surface area contributed by atoms with Crippen LogP contribution >= 0.6 is 11.6 Å². The van der Waals surface area contributed by atoms with Crippen LogP contribution in [-0.4, -0.2) is 36.5 Å². The number of nitrogens with one attached hydrogen (secondary N) is 1. The summed E-state index contributed by atoms with van der Waals surface area (Å²) in [6, 6.07) is 15.5. The molecule has 0 saturated heterocycles. The third-order valence-electron chi connectivity index (χ3n) is 10.1. The number of allylic oxidation sites excluding steroid dienone is 1. The van der Waals surface area contributed by atoms with Gasteiger partial charge in [-0.1, -0.05) is 55.3 Å². The average molecular weight is 613 g/mol. The first kappa shape index (κ1) is 30.4. The lowest BCUT2D eigenvalue weighted by Gasteiger charge is -2.46. The number of methoxy groups -OCH3 is 1. The standard InChI is InChI=1S/C37H41ClN2O4/c1-24(23-44-33-12-17-39-32-9-4-6-25(2)34(32)33)18-28-20-27-11-10-26(22-41)19-31(27)36(28)13-15-37(16-14-36,35(42)43-3)40-30-8-5-7-29(38)21-30/h5,7-8,10-12,17,19-22,24-25,40H,4,6,9,13-16,18,23H2,1-3H3/t24-,25-,36?,37?/m1/s1. The Hall–Kier alpha value is -3.64. The Morgan fingerprint density at radius 2 is 1.98 bits per heavy atom. The highest BCUT2D eigenvalue weighted by Crippen LogP contribution is 2.55. The molecule has 2 aromatic carbocycles. The van der Waals surface area contributed by atoms with Crippen LogP contribution in [0.3, 0.4) is 0 Å². The third kappa shape index (κ3) is 5.65. The first-order chi connectivity index (χ1) is 21.3.